The Kier molecular flexibility index (Phi) is 6.36. The number of hydrogen-bond donors (Lipinski definition) is 2. The van der Waals surface area contributed by atoms with Crippen LogP contribution in [0.15, 0.2) is 59.5 Å². The van der Waals surface area contributed by atoms with Gasteiger partial charge in [0.2, 0.25) is 15.9 Å². The average Bonchev–Trinajstić information content (AvgIpc) is 2.55. The number of carbonyl (C=O) groups is 1. The number of nitrogens with one attached hydrogen (secondary N) is 2. The number of rotatable bonds is 7. The first-order valence-corrected chi connectivity index (χ1v) is 9.34. The molecule has 128 valence electrons. The fourth-order valence-electron chi connectivity index (χ4n) is 2.15. The summed E-state index contributed by atoms with van der Waals surface area (Å²) in [5, 5.41) is 3.42. The quantitative estimate of drug-likeness (QED) is 0.791. The van der Waals surface area contributed by atoms with Gasteiger partial charge in [-0.25, -0.2) is 13.1 Å². The highest BCUT2D eigenvalue weighted by Gasteiger charge is 2.14. The number of hydrogen-bond acceptors (Lipinski definition) is 3. The molecule has 0 aliphatic rings. The summed E-state index contributed by atoms with van der Waals surface area (Å²) < 4.78 is 26.5. The summed E-state index contributed by atoms with van der Waals surface area (Å²) >= 11 is 5.93. The molecular formula is C17H19ClN2O3S. The molecule has 0 aliphatic heterocycles. The molecule has 0 bridgehead atoms. The van der Waals surface area contributed by atoms with Crippen molar-refractivity contribution in [1.82, 2.24) is 10.0 Å². The largest absolute Gasteiger partial charge is 0.350 e. The third kappa shape index (κ3) is 5.33. The lowest BCUT2D eigenvalue weighted by Crippen LogP contribution is -2.32. The second-order valence-corrected chi connectivity index (χ2v) is 7.51. The van der Waals surface area contributed by atoms with Crippen LogP contribution in [0.5, 0.6) is 0 Å². The lowest BCUT2D eigenvalue weighted by molar-refractivity contribution is -0.121. The van der Waals surface area contributed by atoms with Crippen LogP contribution < -0.4 is 10.0 Å². The Morgan fingerprint density at radius 1 is 1.12 bits per heavy atom. The van der Waals surface area contributed by atoms with Gasteiger partial charge in [-0.05, 0) is 36.8 Å². The second-order valence-electron chi connectivity index (χ2n) is 5.31. The molecule has 24 heavy (non-hydrogen) atoms. The van der Waals surface area contributed by atoms with Crippen molar-refractivity contribution in [2.24, 2.45) is 0 Å². The van der Waals surface area contributed by atoms with Gasteiger partial charge in [-0.1, -0.05) is 41.9 Å². The molecule has 1 unspecified atom stereocenters. The first-order valence-electron chi connectivity index (χ1n) is 7.48. The minimum absolute atomic E-state index is 0.0331. The maximum Gasteiger partial charge on any atom is 0.240 e. The first-order chi connectivity index (χ1) is 11.4. The highest BCUT2D eigenvalue weighted by molar-refractivity contribution is 7.89. The zero-order valence-electron chi connectivity index (χ0n) is 13.2. The second kappa shape index (κ2) is 8.28. The van der Waals surface area contributed by atoms with Gasteiger partial charge in [0.25, 0.3) is 0 Å². The van der Waals surface area contributed by atoms with Crippen molar-refractivity contribution < 1.29 is 13.2 Å². The van der Waals surface area contributed by atoms with Gasteiger partial charge in [0.1, 0.15) is 0 Å². The van der Waals surface area contributed by atoms with Crippen molar-refractivity contribution in [3.63, 3.8) is 0 Å². The van der Waals surface area contributed by atoms with Gasteiger partial charge in [0.05, 0.1) is 10.9 Å². The van der Waals surface area contributed by atoms with Crippen LogP contribution in [0.2, 0.25) is 5.02 Å². The fourth-order valence-corrected chi connectivity index (χ4v) is 3.41. The SMILES string of the molecule is CC(NC(=O)CCNS(=O)(=O)c1ccccc1)c1cccc(Cl)c1. The molecule has 1 amide bonds. The van der Waals surface area contributed by atoms with E-state index in [0.29, 0.717) is 5.02 Å². The van der Waals surface area contributed by atoms with Gasteiger partial charge in [0.15, 0.2) is 0 Å². The number of amides is 1. The molecule has 2 N–H and O–H groups in total. The fraction of sp³-hybridized carbons (Fsp3) is 0.235. The van der Waals surface area contributed by atoms with E-state index in [0.717, 1.165) is 5.56 Å². The Hall–Kier alpha value is -1.89. The van der Waals surface area contributed by atoms with E-state index in [1.165, 1.54) is 12.1 Å². The Bertz CT molecular complexity index is 794. The van der Waals surface area contributed by atoms with Crippen molar-refractivity contribution in [1.29, 1.82) is 0 Å². The van der Waals surface area contributed by atoms with E-state index < -0.39 is 10.0 Å². The van der Waals surface area contributed by atoms with Gasteiger partial charge in [0, 0.05) is 18.0 Å². The highest BCUT2D eigenvalue weighted by Crippen LogP contribution is 2.17. The molecule has 7 heteroatoms. The van der Waals surface area contributed by atoms with Crippen LogP contribution in [-0.2, 0) is 14.8 Å². The summed E-state index contributed by atoms with van der Waals surface area (Å²) in [6.07, 6.45) is 0.0525. The summed E-state index contributed by atoms with van der Waals surface area (Å²) in [6, 6.07) is 15.1. The normalized spacial score (nSPS) is 12.6. The molecule has 5 nitrogen and oxygen atoms in total. The van der Waals surface area contributed by atoms with Crippen molar-refractivity contribution >= 4 is 27.5 Å². The summed E-state index contributed by atoms with van der Waals surface area (Å²) in [7, 11) is -3.59. The number of sulfonamides is 1. The van der Waals surface area contributed by atoms with Crippen LogP contribution in [-0.4, -0.2) is 20.9 Å². The Morgan fingerprint density at radius 2 is 1.83 bits per heavy atom. The summed E-state index contributed by atoms with van der Waals surface area (Å²) in [6.45, 7) is 1.88. The van der Waals surface area contributed by atoms with E-state index in [-0.39, 0.29) is 29.8 Å². The van der Waals surface area contributed by atoms with Crippen LogP contribution in [0, 0.1) is 0 Å². The van der Waals surface area contributed by atoms with E-state index in [2.05, 4.69) is 10.0 Å². The predicted octanol–water partition coefficient (Wildman–Crippen LogP) is 2.89. The molecule has 2 aromatic rings. The van der Waals surface area contributed by atoms with Crippen molar-refractivity contribution in [2.45, 2.75) is 24.3 Å². The Balaban J connectivity index is 1.83. The van der Waals surface area contributed by atoms with Gasteiger partial charge < -0.3 is 5.32 Å². The molecule has 0 heterocycles. The van der Waals surface area contributed by atoms with Gasteiger partial charge in [-0.15, -0.1) is 0 Å². The summed E-state index contributed by atoms with van der Waals surface area (Å²) in [5.41, 5.74) is 0.890. The van der Waals surface area contributed by atoms with E-state index >= 15 is 0 Å². The number of carbonyl (C=O) groups excluding carboxylic acids is 1. The predicted molar refractivity (Wildman–Crippen MR) is 94.3 cm³/mol. The van der Waals surface area contributed by atoms with Crippen LogP contribution in [0.1, 0.15) is 24.9 Å². The van der Waals surface area contributed by atoms with E-state index in [1.54, 1.807) is 30.3 Å². The maximum atomic E-state index is 12.0. The topological polar surface area (TPSA) is 75.3 Å². The minimum atomic E-state index is -3.59. The molecule has 0 fully saturated rings. The number of benzene rings is 2. The molecular weight excluding hydrogens is 348 g/mol. The molecule has 0 radical (unpaired) electrons. The van der Waals surface area contributed by atoms with Crippen molar-refractivity contribution in [3.05, 3.63) is 65.2 Å². The molecule has 0 saturated carbocycles. The zero-order valence-corrected chi connectivity index (χ0v) is 14.8. The third-order valence-corrected chi connectivity index (χ3v) is 5.14. The molecule has 0 saturated heterocycles. The molecule has 0 aromatic heterocycles. The van der Waals surface area contributed by atoms with Crippen LogP contribution >= 0.6 is 11.6 Å². The van der Waals surface area contributed by atoms with E-state index in [9.17, 15) is 13.2 Å². The molecule has 2 aromatic carbocycles. The first kappa shape index (κ1) is 18.4. The zero-order chi connectivity index (χ0) is 17.6. The smallest absolute Gasteiger partial charge is 0.240 e. The van der Waals surface area contributed by atoms with Gasteiger partial charge >= 0.3 is 0 Å². The lowest BCUT2D eigenvalue weighted by atomic mass is 10.1. The Labute approximate surface area is 147 Å². The molecule has 1 atom stereocenters. The van der Waals surface area contributed by atoms with Crippen LogP contribution in [0.25, 0.3) is 0 Å². The van der Waals surface area contributed by atoms with Crippen molar-refractivity contribution in [3.8, 4) is 0 Å². The van der Waals surface area contributed by atoms with Crippen LogP contribution in [0.3, 0.4) is 0 Å². The van der Waals surface area contributed by atoms with Crippen molar-refractivity contribution in [2.75, 3.05) is 6.54 Å². The Morgan fingerprint density at radius 3 is 2.50 bits per heavy atom. The highest BCUT2D eigenvalue weighted by atomic mass is 35.5. The van der Waals surface area contributed by atoms with Crippen LogP contribution in [0.4, 0.5) is 0 Å². The summed E-state index contributed by atoms with van der Waals surface area (Å²) in [5.74, 6) is -0.238. The minimum Gasteiger partial charge on any atom is -0.350 e. The maximum absolute atomic E-state index is 12.0. The molecule has 2 rings (SSSR count). The monoisotopic (exact) mass is 366 g/mol. The summed E-state index contributed by atoms with van der Waals surface area (Å²) in [4.78, 5) is 12.1. The molecule has 0 spiro atoms. The standard InChI is InChI=1S/C17H19ClN2O3S/c1-13(14-6-5-7-15(18)12-14)20-17(21)10-11-19-24(22,23)16-8-3-2-4-9-16/h2-9,12-13,19H,10-11H2,1H3,(H,20,21). The van der Waals surface area contributed by atoms with E-state index in [4.69, 9.17) is 11.6 Å². The third-order valence-electron chi connectivity index (χ3n) is 3.42. The molecule has 0 aliphatic carbocycles. The number of halogens is 1. The average molecular weight is 367 g/mol. The van der Waals surface area contributed by atoms with E-state index in [1.807, 2.05) is 19.1 Å². The van der Waals surface area contributed by atoms with Gasteiger partial charge in [-0.3, -0.25) is 4.79 Å². The van der Waals surface area contributed by atoms with Gasteiger partial charge in [-0.2, -0.15) is 0 Å². The lowest BCUT2D eigenvalue weighted by Gasteiger charge is -2.15.